The summed E-state index contributed by atoms with van der Waals surface area (Å²) in [4.78, 5) is 0. The van der Waals surface area contributed by atoms with Crippen molar-refractivity contribution in [2.45, 2.75) is 51.4 Å². The summed E-state index contributed by atoms with van der Waals surface area (Å²) in [7, 11) is 0.570. The van der Waals surface area contributed by atoms with E-state index >= 15 is 0 Å². The van der Waals surface area contributed by atoms with Crippen LogP contribution < -0.4 is 4.74 Å². The number of unbranched alkanes of at least 4 members (excludes halogenated alkanes) is 6. The molecule has 1 N–H and O–H groups in total. The molecule has 0 saturated heterocycles. The van der Waals surface area contributed by atoms with Gasteiger partial charge in [0.1, 0.15) is 5.75 Å². The highest BCUT2D eigenvalue weighted by atomic mass is 32.2. The van der Waals surface area contributed by atoms with E-state index in [1.165, 1.54) is 32.1 Å². The maximum atomic E-state index is 10.7. The zero-order chi connectivity index (χ0) is 19.3. The first-order valence-corrected chi connectivity index (χ1v) is 11.3. The number of benzene rings is 1. The molecule has 1 rings (SSSR count). The van der Waals surface area contributed by atoms with E-state index < -0.39 is 10.1 Å². The second-order valence-corrected chi connectivity index (χ2v) is 9.23. The van der Waals surface area contributed by atoms with E-state index in [0.29, 0.717) is 6.42 Å². The van der Waals surface area contributed by atoms with Crippen molar-refractivity contribution in [2.24, 2.45) is 0 Å². The van der Waals surface area contributed by atoms with E-state index in [4.69, 9.17) is 9.29 Å². The third-order valence-corrected chi connectivity index (χ3v) is 5.39. The van der Waals surface area contributed by atoms with Gasteiger partial charge in [-0.3, -0.25) is 4.55 Å². The molecule has 150 valence electrons. The normalized spacial score (nSPS) is 12.3. The van der Waals surface area contributed by atoms with Crippen molar-refractivity contribution in [1.82, 2.24) is 0 Å². The minimum absolute atomic E-state index is 0.124. The fourth-order valence-corrected chi connectivity index (χ4v) is 3.56. The van der Waals surface area contributed by atoms with Gasteiger partial charge in [-0.1, -0.05) is 37.5 Å². The van der Waals surface area contributed by atoms with Gasteiger partial charge in [0, 0.05) is 0 Å². The van der Waals surface area contributed by atoms with Crippen LogP contribution in [0.1, 0.15) is 51.4 Å². The monoisotopic (exact) mass is 386 g/mol. The van der Waals surface area contributed by atoms with Crippen LogP contribution in [0, 0.1) is 0 Å². The molecule has 1 aromatic carbocycles. The van der Waals surface area contributed by atoms with Crippen LogP contribution in [0.25, 0.3) is 0 Å². The Balaban J connectivity index is 1.93. The minimum atomic E-state index is -3.81. The molecule has 0 amide bonds. The Labute approximate surface area is 159 Å². The maximum Gasteiger partial charge on any atom is 0.264 e. The second kappa shape index (κ2) is 12.3. The molecule has 26 heavy (non-hydrogen) atoms. The van der Waals surface area contributed by atoms with Gasteiger partial charge in [-0.05, 0) is 44.2 Å². The molecule has 0 atom stereocenters. The van der Waals surface area contributed by atoms with Crippen molar-refractivity contribution in [3.63, 3.8) is 0 Å². The molecule has 1 aromatic rings. The fourth-order valence-electron chi connectivity index (χ4n) is 2.99. The van der Waals surface area contributed by atoms with Crippen molar-refractivity contribution in [3.05, 3.63) is 30.3 Å². The number of hydrogen-bond acceptors (Lipinski definition) is 3. The lowest BCUT2D eigenvalue weighted by Crippen LogP contribution is -2.41. The molecule has 0 aliphatic rings. The average molecular weight is 387 g/mol. The molecule has 5 nitrogen and oxygen atoms in total. The molecule has 0 bridgehead atoms. The van der Waals surface area contributed by atoms with Crippen molar-refractivity contribution < 1.29 is 22.2 Å². The number of quaternary nitrogens is 1. The van der Waals surface area contributed by atoms with Crippen LogP contribution in [0.4, 0.5) is 0 Å². The lowest BCUT2D eigenvalue weighted by atomic mass is 10.1. The highest BCUT2D eigenvalue weighted by Gasteiger charge is 2.14. The quantitative estimate of drug-likeness (QED) is 0.279. The van der Waals surface area contributed by atoms with Gasteiger partial charge in [-0.2, -0.15) is 8.42 Å². The predicted molar refractivity (Wildman–Crippen MR) is 107 cm³/mol. The molecular weight excluding hydrogens is 350 g/mol. The van der Waals surface area contributed by atoms with E-state index in [2.05, 4.69) is 14.1 Å². The van der Waals surface area contributed by atoms with Crippen LogP contribution in [0.3, 0.4) is 0 Å². The number of rotatable bonds is 15. The Morgan fingerprint density at radius 2 is 1.38 bits per heavy atom. The third-order valence-electron chi connectivity index (χ3n) is 4.59. The van der Waals surface area contributed by atoms with E-state index in [9.17, 15) is 8.42 Å². The molecular formula is C20H36NO4S+. The standard InChI is InChI=1S/C20H35NO4S/c1-21(2,17-11-13-19-26(22,23)24)16-10-5-3-4-6-12-18-25-20-14-8-7-9-15-20/h7-9,14-15H,3-6,10-13,16-19H2,1-2H3/p+1. The van der Waals surface area contributed by atoms with Crippen molar-refractivity contribution >= 4 is 10.1 Å². The minimum Gasteiger partial charge on any atom is -0.494 e. The summed E-state index contributed by atoms with van der Waals surface area (Å²) < 4.78 is 36.8. The van der Waals surface area contributed by atoms with Gasteiger partial charge >= 0.3 is 0 Å². The molecule has 0 aromatic heterocycles. The molecule has 0 aliphatic heterocycles. The van der Waals surface area contributed by atoms with Crippen LogP contribution in [0.5, 0.6) is 5.75 Å². The summed E-state index contributed by atoms with van der Waals surface area (Å²) in [6, 6.07) is 9.95. The summed E-state index contributed by atoms with van der Waals surface area (Å²) in [5.74, 6) is 0.824. The Kier molecular flexibility index (Phi) is 10.9. The number of ether oxygens (including phenoxy) is 1. The first-order chi connectivity index (χ1) is 12.3. The van der Waals surface area contributed by atoms with Crippen LogP contribution in [-0.2, 0) is 10.1 Å². The van der Waals surface area contributed by atoms with Gasteiger partial charge in [0.15, 0.2) is 0 Å². The third kappa shape index (κ3) is 13.1. The lowest BCUT2D eigenvalue weighted by molar-refractivity contribution is -0.890. The summed E-state index contributed by atoms with van der Waals surface area (Å²) in [6.45, 7) is 2.85. The second-order valence-electron chi connectivity index (χ2n) is 7.66. The number of para-hydroxylation sites is 1. The van der Waals surface area contributed by atoms with Gasteiger partial charge < -0.3 is 9.22 Å². The highest BCUT2D eigenvalue weighted by molar-refractivity contribution is 7.85. The van der Waals surface area contributed by atoms with Crippen molar-refractivity contribution in [3.8, 4) is 5.75 Å². The molecule has 0 saturated carbocycles. The lowest BCUT2D eigenvalue weighted by Gasteiger charge is -2.29. The maximum absolute atomic E-state index is 10.7. The molecule has 0 aliphatic carbocycles. The molecule has 6 heteroatoms. The fraction of sp³-hybridized carbons (Fsp3) is 0.700. The van der Waals surface area contributed by atoms with E-state index in [0.717, 1.165) is 42.8 Å². The van der Waals surface area contributed by atoms with Crippen molar-refractivity contribution in [2.75, 3.05) is 39.5 Å². The molecule has 0 unspecified atom stereocenters. The van der Waals surface area contributed by atoms with E-state index in [1.54, 1.807) is 0 Å². The van der Waals surface area contributed by atoms with Crippen LogP contribution in [0.2, 0.25) is 0 Å². The molecule has 0 spiro atoms. The SMILES string of the molecule is C[N+](C)(CCCCCCCCOc1ccccc1)CCCCS(=O)(=O)O. The summed E-state index contributed by atoms with van der Waals surface area (Å²) >= 11 is 0. The van der Waals surface area contributed by atoms with Gasteiger partial charge in [0.05, 0.1) is 39.5 Å². The van der Waals surface area contributed by atoms with Crippen LogP contribution in [-0.4, -0.2) is 57.0 Å². The molecule has 0 heterocycles. The topological polar surface area (TPSA) is 63.6 Å². The molecule has 0 fully saturated rings. The van der Waals surface area contributed by atoms with Gasteiger partial charge in [0.2, 0.25) is 0 Å². The Morgan fingerprint density at radius 1 is 0.846 bits per heavy atom. The highest BCUT2D eigenvalue weighted by Crippen LogP contribution is 2.12. The van der Waals surface area contributed by atoms with Crippen LogP contribution in [0.15, 0.2) is 30.3 Å². The zero-order valence-corrected chi connectivity index (χ0v) is 17.2. The summed E-state index contributed by atoms with van der Waals surface area (Å²) in [6.07, 6.45) is 8.62. The predicted octanol–water partition coefficient (Wildman–Crippen LogP) is 4.15. The zero-order valence-electron chi connectivity index (χ0n) is 16.4. The summed E-state index contributed by atoms with van der Waals surface area (Å²) in [5.41, 5.74) is 0. The number of nitrogens with zero attached hydrogens (tertiary/aromatic N) is 1. The summed E-state index contributed by atoms with van der Waals surface area (Å²) in [5, 5.41) is 0. The van der Waals surface area contributed by atoms with E-state index in [-0.39, 0.29) is 5.75 Å². The number of hydrogen-bond donors (Lipinski definition) is 1. The van der Waals surface area contributed by atoms with Gasteiger partial charge in [0.25, 0.3) is 10.1 Å². The Morgan fingerprint density at radius 3 is 2.00 bits per heavy atom. The van der Waals surface area contributed by atoms with Gasteiger partial charge in [-0.15, -0.1) is 0 Å². The van der Waals surface area contributed by atoms with E-state index in [1.807, 2.05) is 30.3 Å². The Bertz CT molecular complexity index is 573. The van der Waals surface area contributed by atoms with Crippen LogP contribution >= 0.6 is 0 Å². The first kappa shape index (κ1) is 22.9. The smallest absolute Gasteiger partial charge is 0.264 e. The largest absolute Gasteiger partial charge is 0.494 e. The van der Waals surface area contributed by atoms with Crippen molar-refractivity contribution in [1.29, 1.82) is 0 Å². The first-order valence-electron chi connectivity index (χ1n) is 9.73. The molecule has 0 radical (unpaired) electrons. The Hall–Kier alpha value is -1.11. The van der Waals surface area contributed by atoms with Gasteiger partial charge in [-0.25, -0.2) is 0 Å². The average Bonchev–Trinajstić information content (AvgIpc) is 2.57.